The van der Waals surface area contributed by atoms with Crippen molar-refractivity contribution in [1.29, 1.82) is 0 Å². The number of carbonyl (C=O) groups excluding carboxylic acids is 3. The van der Waals surface area contributed by atoms with Crippen LogP contribution in [0.2, 0.25) is 0 Å². The van der Waals surface area contributed by atoms with Crippen molar-refractivity contribution < 1.29 is 14.4 Å². The summed E-state index contributed by atoms with van der Waals surface area (Å²) in [6, 6.07) is 10.6. The highest BCUT2D eigenvalue weighted by Crippen LogP contribution is 2.23. The lowest BCUT2D eigenvalue weighted by Gasteiger charge is -2.31. The smallest absolute Gasteiger partial charge is 0.272 e. The first-order chi connectivity index (χ1) is 12.5. The molecule has 6 nitrogen and oxygen atoms in total. The van der Waals surface area contributed by atoms with E-state index in [9.17, 15) is 14.4 Å². The van der Waals surface area contributed by atoms with Gasteiger partial charge in [-0.2, -0.15) is 0 Å². The highest BCUT2D eigenvalue weighted by atomic mass is 16.2. The van der Waals surface area contributed by atoms with E-state index in [4.69, 9.17) is 5.73 Å². The minimum Gasteiger partial charge on any atom is -0.366 e. The Kier molecular flexibility index (Phi) is 5.11. The average Bonchev–Trinajstić information content (AvgIpc) is 2.67. The number of hydrogen-bond acceptors (Lipinski definition) is 4. The maximum absolute atomic E-state index is 12.6. The minimum absolute atomic E-state index is 0.0630. The van der Waals surface area contributed by atoms with Crippen molar-refractivity contribution in [2.45, 2.75) is 19.8 Å². The van der Waals surface area contributed by atoms with Crippen LogP contribution in [0.5, 0.6) is 0 Å². The van der Waals surface area contributed by atoms with Crippen molar-refractivity contribution in [3.8, 4) is 0 Å². The molecule has 26 heavy (non-hydrogen) atoms. The molecule has 1 fully saturated rings. The molecule has 0 atom stereocenters. The largest absolute Gasteiger partial charge is 0.366 e. The molecule has 2 heterocycles. The van der Waals surface area contributed by atoms with Crippen molar-refractivity contribution in [3.63, 3.8) is 0 Å². The summed E-state index contributed by atoms with van der Waals surface area (Å²) in [7, 11) is 0. The first-order valence-electron chi connectivity index (χ1n) is 8.61. The number of hydrogen-bond donors (Lipinski definition) is 1. The first kappa shape index (κ1) is 17.8. The van der Waals surface area contributed by atoms with E-state index in [0.29, 0.717) is 25.9 Å². The number of aryl methyl sites for hydroxylation is 1. The molecule has 1 aromatic heterocycles. The number of nitrogens with two attached hydrogens (primary N) is 1. The fraction of sp³-hybridized carbons (Fsp3) is 0.300. The summed E-state index contributed by atoms with van der Waals surface area (Å²) in [6.07, 6.45) is 2.58. The van der Waals surface area contributed by atoms with E-state index in [-0.39, 0.29) is 28.9 Å². The first-order valence-corrected chi connectivity index (χ1v) is 8.61. The lowest BCUT2D eigenvalue weighted by molar-refractivity contribution is 0.0645. The molecule has 0 saturated carbocycles. The third-order valence-corrected chi connectivity index (χ3v) is 4.76. The number of nitrogens with zero attached hydrogens (tertiary/aromatic N) is 2. The van der Waals surface area contributed by atoms with Crippen LogP contribution in [0.1, 0.15) is 49.6 Å². The Morgan fingerprint density at radius 3 is 2.15 bits per heavy atom. The van der Waals surface area contributed by atoms with Crippen molar-refractivity contribution in [3.05, 3.63) is 65.0 Å². The van der Waals surface area contributed by atoms with Crippen LogP contribution in [0.25, 0.3) is 0 Å². The predicted octanol–water partition coefficient (Wildman–Crippen LogP) is 2.22. The minimum atomic E-state index is -0.577. The number of primary amides is 1. The molecule has 1 aliphatic heterocycles. The van der Waals surface area contributed by atoms with Crippen molar-refractivity contribution in [2.75, 3.05) is 13.1 Å². The number of benzene rings is 1. The van der Waals surface area contributed by atoms with Gasteiger partial charge in [-0.3, -0.25) is 19.4 Å². The second-order valence-corrected chi connectivity index (χ2v) is 6.59. The second-order valence-electron chi connectivity index (χ2n) is 6.59. The normalized spacial score (nSPS) is 14.9. The molecule has 0 aliphatic carbocycles. The van der Waals surface area contributed by atoms with Gasteiger partial charge in [0.05, 0.1) is 5.56 Å². The van der Waals surface area contributed by atoms with Crippen LogP contribution in [0, 0.1) is 12.8 Å². The summed E-state index contributed by atoms with van der Waals surface area (Å²) < 4.78 is 0. The van der Waals surface area contributed by atoms with E-state index in [1.54, 1.807) is 4.90 Å². The van der Waals surface area contributed by atoms with Crippen molar-refractivity contribution in [2.24, 2.45) is 11.7 Å². The van der Waals surface area contributed by atoms with Gasteiger partial charge < -0.3 is 10.6 Å². The highest BCUT2D eigenvalue weighted by Gasteiger charge is 2.28. The van der Waals surface area contributed by atoms with Crippen molar-refractivity contribution >= 4 is 17.6 Å². The molecule has 3 rings (SSSR count). The number of ketones is 1. The Hall–Kier alpha value is -3.02. The zero-order valence-corrected chi connectivity index (χ0v) is 14.6. The molecule has 1 aliphatic rings. The van der Waals surface area contributed by atoms with Gasteiger partial charge in [0.25, 0.3) is 5.91 Å². The van der Waals surface area contributed by atoms with Crippen LogP contribution < -0.4 is 5.73 Å². The zero-order chi connectivity index (χ0) is 18.7. The van der Waals surface area contributed by atoms with E-state index in [1.165, 1.54) is 18.3 Å². The van der Waals surface area contributed by atoms with Gasteiger partial charge in [-0.25, -0.2) is 0 Å². The lowest BCUT2D eigenvalue weighted by atomic mass is 9.88. The molecule has 6 heteroatoms. The Morgan fingerprint density at radius 2 is 1.62 bits per heavy atom. The van der Waals surface area contributed by atoms with E-state index >= 15 is 0 Å². The van der Waals surface area contributed by atoms with E-state index < -0.39 is 5.91 Å². The number of aromatic nitrogens is 1. The van der Waals surface area contributed by atoms with Crippen LogP contribution in [0.15, 0.2) is 42.6 Å². The third-order valence-electron chi connectivity index (χ3n) is 4.76. The number of piperidine rings is 1. The number of pyridine rings is 1. The summed E-state index contributed by atoms with van der Waals surface area (Å²) in [5, 5.41) is 0. The SMILES string of the molecule is Cc1ccc(C(=O)C2CCN(C(=O)c3ccc(C(N)=O)cn3)CC2)cc1. The van der Waals surface area contributed by atoms with Gasteiger partial charge in [0.2, 0.25) is 5.91 Å². The Bertz CT molecular complexity index is 820. The maximum atomic E-state index is 12.6. The Balaban J connectivity index is 1.60. The van der Waals surface area contributed by atoms with Gasteiger partial charge in [0.1, 0.15) is 5.69 Å². The molecule has 0 radical (unpaired) electrons. The molecular formula is C20H21N3O3. The summed E-state index contributed by atoms with van der Waals surface area (Å²) in [4.78, 5) is 41.9. The van der Waals surface area contributed by atoms with Gasteiger partial charge >= 0.3 is 0 Å². The molecule has 0 spiro atoms. The summed E-state index contributed by atoms with van der Waals surface area (Å²) in [5.41, 5.74) is 7.57. The summed E-state index contributed by atoms with van der Waals surface area (Å²) in [5.74, 6) is -0.692. The van der Waals surface area contributed by atoms with Gasteiger partial charge in [0, 0.05) is 30.8 Å². The van der Waals surface area contributed by atoms with Gasteiger partial charge in [0.15, 0.2) is 5.78 Å². The lowest BCUT2D eigenvalue weighted by Crippen LogP contribution is -2.40. The Morgan fingerprint density at radius 1 is 1.00 bits per heavy atom. The molecule has 134 valence electrons. The fourth-order valence-electron chi connectivity index (χ4n) is 3.13. The van der Waals surface area contributed by atoms with E-state index in [2.05, 4.69) is 4.98 Å². The molecule has 2 aromatic rings. The molecule has 1 aromatic carbocycles. The fourth-order valence-corrected chi connectivity index (χ4v) is 3.13. The van der Waals surface area contributed by atoms with Crippen LogP contribution in [-0.4, -0.2) is 40.6 Å². The van der Waals surface area contributed by atoms with Crippen LogP contribution in [-0.2, 0) is 0 Å². The average molecular weight is 351 g/mol. The van der Waals surface area contributed by atoms with Crippen molar-refractivity contribution in [1.82, 2.24) is 9.88 Å². The molecule has 0 unspecified atom stereocenters. The zero-order valence-electron chi connectivity index (χ0n) is 14.6. The Labute approximate surface area is 152 Å². The number of Topliss-reactive ketones (excluding diaryl/α,β-unsaturated/α-hetero) is 1. The van der Waals surface area contributed by atoms with Crippen LogP contribution in [0.3, 0.4) is 0 Å². The van der Waals surface area contributed by atoms with Crippen LogP contribution in [0.4, 0.5) is 0 Å². The standard InChI is InChI=1S/C20H21N3O3/c1-13-2-4-14(5-3-13)18(24)15-8-10-23(11-9-15)20(26)17-7-6-16(12-22-17)19(21)25/h2-7,12,15H,8-11H2,1H3,(H2,21,25). The predicted molar refractivity (Wildman–Crippen MR) is 96.9 cm³/mol. The molecule has 2 amide bonds. The van der Waals surface area contributed by atoms with Gasteiger partial charge in [-0.05, 0) is 31.9 Å². The maximum Gasteiger partial charge on any atom is 0.272 e. The van der Waals surface area contributed by atoms with E-state index in [0.717, 1.165) is 11.1 Å². The highest BCUT2D eigenvalue weighted by molar-refractivity contribution is 5.98. The number of amides is 2. The number of rotatable bonds is 4. The van der Waals surface area contributed by atoms with Gasteiger partial charge in [-0.1, -0.05) is 29.8 Å². The quantitative estimate of drug-likeness (QED) is 0.855. The van der Waals surface area contributed by atoms with Crippen LogP contribution >= 0.6 is 0 Å². The molecular weight excluding hydrogens is 330 g/mol. The second kappa shape index (κ2) is 7.47. The number of likely N-dealkylation sites (tertiary alicyclic amines) is 1. The monoisotopic (exact) mass is 351 g/mol. The van der Waals surface area contributed by atoms with Gasteiger partial charge in [-0.15, -0.1) is 0 Å². The number of carbonyl (C=O) groups is 3. The topological polar surface area (TPSA) is 93.4 Å². The third kappa shape index (κ3) is 3.79. The molecule has 1 saturated heterocycles. The van der Waals surface area contributed by atoms with E-state index in [1.807, 2.05) is 31.2 Å². The summed E-state index contributed by atoms with van der Waals surface area (Å²) >= 11 is 0. The molecule has 0 bridgehead atoms. The summed E-state index contributed by atoms with van der Waals surface area (Å²) in [6.45, 7) is 3.02. The molecule has 2 N–H and O–H groups in total.